The normalized spacial score (nSPS) is 36.2. The molecule has 23 nitrogen and oxygen atoms in total. The number of allylic oxidation sites excluding steroid dienone is 2. The molecule has 0 aromatic heterocycles. The minimum atomic E-state index is -2.05. The third-order valence-corrected chi connectivity index (χ3v) is 11.1. The van der Waals surface area contributed by atoms with Gasteiger partial charge in [-0.2, -0.15) is 0 Å². The molecular weight excluding hydrogens is 872 g/mol. The maximum atomic E-state index is 12.5. The summed E-state index contributed by atoms with van der Waals surface area (Å²) in [4.78, 5) is 12.5. The number of carbonyl (C=O) groups excluding carboxylic acids is 1. The van der Waals surface area contributed by atoms with Crippen LogP contribution >= 0.6 is 0 Å². The van der Waals surface area contributed by atoms with Gasteiger partial charge in [0.15, 0.2) is 23.9 Å². The summed E-state index contributed by atoms with van der Waals surface area (Å²) >= 11 is 0. The first-order valence-corrected chi connectivity index (χ1v) is 20.0. The number of benzene rings is 2. The fourth-order valence-electron chi connectivity index (χ4n) is 7.41. The standard InChI is InChI=1S/C42H48O23/c43-13-26-30(50)33(53)36(56)40(62-26)60-24-11-19(46)10-23-20(24)12-25(38(59-23)17-4-7-21(47)22(48)9-17)61-42-39(35(55)31(51)27(14-44)63-42)65-41-37(57)34(54)32(52)28(64-41)15-58-29(49)8-3-16-1-5-18(45)6-2-16/h1-12,23,26-28,30-37,39-48,50-57H,13-15H2/p+1. The van der Waals surface area contributed by atoms with E-state index in [0.717, 1.165) is 24.3 Å². The summed E-state index contributed by atoms with van der Waals surface area (Å²) in [6.45, 7) is -2.36. The number of hydrogen-bond donors (Lipinski definition) is 14. The summed E-state index contributed by atoms with van der Waals surface area (Å²) in [7, 11) is 0. The number of aliphatic hydroxyl groups is 13. The van der Waals surface area contributed by atoms with Gasteiger partial charge in [0.1, 0.15) is 91.0 Å². The molecule has 0 bridgehead atoms. The molecule has 2 aromatic rings. The Morgan fingerprint density at radius 3 is 1.94 bits per heavy atom. The molecular formula is C42H49O23+. The maximum Gasteiger partial charge on any atom is 0.330 e. The van der Waals surface area contributed by atoms with Gasteiger partial charge in [0, 0.05) is 24.3 Å². The number of hydrogen-bond acceptors (Lipinski definition) is 22. The zero-order valence-corrected chi connectivity index (χ0v) is 33.8. The van der Waals surface area contributed by atoms with Crippen molar-refractivity contribution >= 4 is 17.8 Å². The van der Waals surface area contributed by atoms with Gasteiger partial charge in [-0.15, -0.1) is 0 Å². The van der Waals surface area contributed by atoms with Crippen LogP contribution in [-0.4, -0.2) is 200 Å². The predicted octanol–water partition coefficient (Wildman–Crippen LogP) is -3.63. The largest absolute Gasteiger partial charge is 0.571 e. The molecule has 16 unspecified atom stereocenters. The topological polar surface area (TPSA) is 378 Å². The third kappa shape index (κ3) is 10.2. The Bertz CT molecular complexity index is 2170. The van der Waals surface area contributed by atoms with Crippen molar-refractivity contribution in [2.45, 2.75) is 98.2 Å². The number of aliphatic hydroxyl groups excluding tert-OH is 11. The summed E-state index contributed by atoms with van der Waals surface area (Å²) in [6.07, 6.45) is -22.3. The van der Waals surface area contributed by atoms with Gasteiger partial charge in [-0.05, 0) is 35.9 Å². The number of aromatic hydroxyl groups is 3. The van der Waals surface area contributed by atoms with E-state index in [1.165, 1.54) is 48.6 Å². The lowest BCUT2D eigenvalue weighted by molar-refractivity contribution is -0.363. The number of esters is 1. The van der Waals surface area contributed by atoms with E-state index in [9.17, 15) is 76.3 Å². The van der Waals surface area contributed by atoms with Gasteiger partial charge in [-0.3, -0.25) is 0 Å². The summed E-state index contributed by atoms with van der Waals surface area (Å²) < 4.78 is 45.0. The first kappa shape index (κ1) is 47.6. The SMILES string of the molecule is O=C(C=Cc1ccc(O)cc1)OCC1OC(OC2C(OC3=C(c4ccc(O)c(O)c4)[OH+]C4C=C(O)C=C(OC5OC(CO)C(O)C(O)C5O)C4=C3)OC(CO)C(O)C2O)C(O)C(O)C1O. The first-order chi connectivity index (χ1) is 31.0. The average Bonchev–Trinajstić information content (AvgIpc) is 3.29. The molecule has 354 valence electrons. The Labute approximate surface area is 367 Å². The lowest BCUT2D eigenvalue weighted by atomic mass is 9.95. The summed E-state index contributed by atoms with van der Waals surface area (Å²) in [5.74, 6) is -3.09. The van der Waals surface area contributed by atoms with E-state index in [0.29, 0.717) is 5.56 Å². The zero-order chi connectivity index (χ0) is 46.9. The number of phenolic OH excluding ortho intramolecular Hbond substituents is 3. The minimum Gasteiger partial charge on any atom is -0.571 e. The van der Waals surface area contributed by atoms with E-state index < -0.39 is 141 Å². The van der Waals surface area contributed by atoms with Crippen LogP contribution in [0.15, 0.2) is 89.6 Å². The van der Waals surface area contributed by atoms with Crippen molar-refractivity contribution in [3.05, 3.63) is 101 Å². The molecule has 3 saturated heterocycles. The number of ether oxygens (including phenoxy) is 8. The molecule has 1 aliphatic carbocycles. The van der Waals surface area contributed by atoms with Crippen molar-refractivity contribution in [1.82, 2.24) is 0 Å². The van der Waals surface area contributed by atoms with E-state index in [1.54, 1.807) is 0 Å². The smallest absolute Gasteiger partial charge is 0.330 e. The van der Waals surface area contributed by atoms with E-state index in [1.807, 2.05) is 0 Å². The maximum absolute atomic E-state index is 12.5. The van der Waals surface area contributed by atoms with Crippen LogP contribution in [0.25, 0.3) is 11.8 Å². The molecule has 15 N–H and O–H groups in total. The number of phenols is 3. The van der Waals surface area contributed by atoms with Gasteiger partial charge >= 0.3 is 11.7 Å². The van der Waals surface area contributed by atoms with E-state index in [-0.39, 0.29) is 34.2 Å². The molecule has 4 heterocycles. The predicted molar refractivity (Wildman–Crippen MR) is 213 cm³/mol. The second-order valence-electron chi connectivity index (χ2n) is 15.5. The molecule has 65 heavy (non-hydrogen) atoms. The summed E-state index contributed by atoms with van der Waals surface area (Å²) in [5.41, 5.74) is 0.676. The van der Waals surface area contributed by atoms with Crippen molar-refractivity contribution in [3.8, 4) is 17.2 Å². The zero-order valence-electron chi connectivity index (χ0n) is 33.8. The molecule has 2 aromatic carbocycles. The van der Waals surface area contributed by atoms with Crippen LogP contribution in [0.5, 0.6) is 17.2 Å². The highest BCUT2D eigenvalue weighted by Crippen LogP contribution is 2.41. The molecule has 0 saturated carbocycles. The Hall–Kier alpha value is -5.35. The van der Waals surface area contributed by atoms with Gasteiger partial charge in [-0.25, -0.2) is 4.79 Å². The molecule has 3 fully saturated rings. The lowest BCUT2D eigenvalue weighted by Gasteiger charge is -2.46. The Morgan fingerprint density at radius 2 is 1.28 bits per heavy atom. The second-order valence-corrected chi connectivity index (χ2v) is 15.5. The van der Waals surface area contributed by atoms with Crippen molar-refractivity contribution in [2.24, 2.45) is 0 Å². The molecule has 0 radical (unpaired) electrons. The van der Waals surface area contributed by atoms with Gasteiger partial charge in [-0.1, -0.05) is 12.1 Å². The van der Waals surface area contributed by atoms with Crippen LogP contribution < -0.4 is 0 Å². The van der Waals surface area contributed by atoms with E-state index in [4.69, 9.17) is 33.2 Å². The van der Waals surface area contributed by atoms with E-state index >= 15 is 0 Å². The fourth-order valence-corrected chi connectivity index (χ4v) is 7.41. The Balaban J connectivity index is 1.18. The molecule has 5 aliphatic rings. The highest BCUT2D eigenvalue weighted by Gasteiger charge is 2.53. The van der Waals surface area contributed by atoms with Gasteiger partial charge in [0.05, 0.1) is 30.4 Å². The Kier molecular flexibility index (Phi) is 14.7. The molecule has 16 atom stereocenters. The highest BCUT2D eigenvalue weighted by molar-refractivity contribution is 5.87. The third-order valence-electron chi connectivity index (χ3n) is 11.1. The van der Waals surface area contributed by atoms with Gasteiger partial charge in [0.25, 0.3) is 0 Å². The van der Waals surface area contributed by atoms with Crippen LogP contribution in [-0.2, 0) is 38.0 Å². The summed E-state index contributed by atoms with van der Waals surface area (Å²) in [6, 6.07) is 9.38. The van der Waals surface area contributed by atoms with Gasteiger partial charge < -0.3 is 109 Å². The first-order valence-electron chi connectivity index (χ1n) is 20.0. The van der Waals surface area contributed by atoms with Crippen LogP contribution in [0.2, 0.25) is 0 Å². The lowest BCUT2D eigenvalue weighted by Crippen LogP contribution is -2.64. The average molecular weight is 922 g/mol. The van der Waals surface area contributed by atoms with Crippen LogP contribution in [0.1, 0.15) is 11.1 Å². The highest BCUT2D eigenvalue weighted by atomic mass is 16.8. The minimum absolute atomic E-state index is 0.00353. The quantitative estimate of drug-likeness (QED) is 0.0399. The number of fused-ring (bicyclic) bond motifs is 1. The summed E-state index contributed by atoms with van der Waals surface area (Å²) in [5, 5.41) is 147. The molecule has 0 spiro atoms. The Morgan fingerprint density at radius 1 is 0.662 bits per heavy atom. The fraction of sp³-hybridized carbons (Fsp3) is 0.452. The number of rotatable bonds is 13. The molecule has 4 aliphatic heterocycles. The monoisotopic (exact) mass is 921 g/mol. The van der Waals surface area contributed by atoms with Crippen molar-refractivity contribution < 1.29 is 114 Å². The van der Waals surface area contributed by atoms with Crippen LogP contribution in [0, 0.1) is 0 Å². The van der Waals surface area contributed by atoms with Crippen molar-refractivity contribution in [2.75, 3.05) is 19.8 Å². The second kappa shape index (κ2) is 20.0. The van der Waals surface area contributed by atoms with Crippen LogP contribution in [0.4, 0.5) is 0 Å². The van der Waals surface area contributed by atoms with E-state index in [2.05, 4.69) is 4.74 Å². The molecule has 7 rings (SSSR count). The molecule has 23 heteroatoms. The molecule has 0 amide bonds. The van der Waals surface area contributed by atoms with Gasteiger partial charge in [0.2, 0.25) is 24.4 Å². The van der Waals surface area contributed by atoms with Crippen molar-refractivity contribution in [3.63, 3.8) is 0 Å². The van der Waals surface area contributed by atoms with Crippen LogP contribution in [0.3, 0.4) is 0 Å². The number of carbonyl (C=O) groups is 1. The van der Waals surface area contributed by atoms with Crippen molar-refractivity contribution in [1.29, 1.82) is 0 Å².